The normalized spacial score (nSPS) is 12.8. The number of hydrogen-bond donors (Lipinski definition) is 1. The minimum absolute atomic E-state index is 0.0342. The maximum atomic E-state index is 10.3. The van der Waals surface area contributed by atoms with E-state index in [0.717, 1.165) is 0 Å². The molecule has 1 atom stereocenters. The number of allylic oxidation sites excluding steroid dienone is 1. The number of ether oxygens (including phenoxy) is 1. The van der Waals surface area contributed by atoms with Crippen molar-refractivity contribution >= 4 is 11.9 Å². The molecule has 1 unspecified atom stereocenters. The van der Waals surface area contributed by atoms with Crippen LogP contribution in [0, 0.1) is 5.92 Å². The monoisotopic (exact) mass is 186 g/mol. The Labute approximate surface area is 77.2 Å². The van der Waals surface area contributed by atoms with Gasteiger partial charge in [-0.3, -0.25) is 9.59 Å². The Balaban J connectivity index is 3.59. The van der Waals surface area contributed by atoms with E-state index in [9.17, 15) is 9.59 Å². The van der Waals surface area contributed by atoms with E-state index in [4.69, 9.17) is 5.11 Å². The molecule has 4 nitrogen and oxygen atoms in total. The van der Waals surface area contributed by atoms with Crippen LogP contribution in [-0.2, 0) is 14.3 Å². The van der Waals surface area contributed by atoms with E-state index in [-0.39, 0.29) is 24.9 Å². The van der Waals surface area contributed by atoms with E-state index in [0.29, 0.717) is 0 Å². The molecule has 0 aliphatic heterocycles. The predicted molar refractivity (Wildman–Crippen MR) is 47.2 cm³/mol. The van der Waals surface area contributed by atoms with Crippen LogP contribution >= 0.6 is 0 Å². The maximum Gasteiger partial charge on any atom is 0.303 e. The predicted octanol–water partition coefficient (Wildman–Crippen LogP) is 1.22. The smallest absolute Gasteiger partial charge is 0.303 e. The van der Waals surface area contributed by atoms with Gasteiger partial charge >= 0.3 is 11.9 Å². The summed E-state index contributed by atoms with van der Waals surface area (Å²) in [5.74, 6) is -1.20. The van der Waals surface area contributed by atoms with Gasteiger partial charge in [0.25, 0.3) is 0 Å². The zero-order valence-electron chi connectivity index (χ0n) is 7.82. The van der Waals surface area contributed by atoms with E-state index in [1.165, 1.54) is 6.92 Å². The summed E-state index contributed by atoms with van der Waals surface area (Å²) >= 11 is 0. The number of carboxylic acid groups (broad SMARTS) is 1. The molecule has 0 amide bonds. The molecule has 1 N–H and O–H groups in total. The molecule has 0 saturated carbocycles. The van der Waals surface area contributed by atoms with Crippen LogP contribution < -0.4 is 0 Å². The molecule has 0 aliphatic rings. The third-order valence-electron chi connectivity index (χ3n) is 1.34. The van der Waals surface area contributed by atoms with E-state index >= 15 is 0 Å². The van der Waals surface area contributed by atoms with Crippen LogP contribution in [0.25, 0.3) is 0 Å². The van der Waals surface area contributed by atoms with Crippen molar-refractivity contribution in [3.8, 4) is 0 Å². The summed E-state index contributed by atoms with van der Waals surface area (Å²) in [6, 6.07) is 0. The second kappa shape index (κ2) is 6.22. The third-order valence-corrected chi connectivity index (χ3v) is 1.34. The largest absolute Gasteiger partial charge is 0.481 e. The summed E-state index contributed by atoms with van der Waals surface area (Å²) in [6.07, 6.45) is 3.46. The maximum absolute atomic E-state index is 10.3. The molecule has 0 aromatic carbocycles. The van der Waals surface area contributed by atoms with E-state index in [1.54, 1.807) is 19.1 Å². The Morgan fingerprint density at radius 1 is 1.54 bits per heavy atom. The summed E-state index contributed by atoms with van der Waals surface area (Å²) < 4.78 is 4.62. The summed E-state index contributed by atoms with van der Waals surface area (Å²) in [4.78, 5) is 20.5. The van der Waals surface area contributed by atoms with Crippen molar-refractivity contribution in [3.05, 3.63) is 12.2 Å². The van der Waals surface area contributed by atoms with E-state index < -0.39 is 5.97 Å². The Hall–Kier alpha value is -1.32. The highest BCUT2D eigenvalue weighted by atomic mass is 16.5. The summed E-state index contributed by atoms with van der Waals surface area (Å²) in [5.41, 5.74) is 0. The summed E-state index contributed by atoms with van der Waals surface area (Å²) in [6.45, 7) is 3.33. The van der Waals surface area contributed by atoms with Crippen molar-refractivity contribution in [2.24, 2.45) is 5.92 Å². The molecule has 0 radical (unpaired) electrons. The van der Waals surface area contributed by atoms with Gasteiger partial charge in [-0.25, -0.2) is 0 Å². The van der Waals surface area contributed by atoms with Crippen molar-refractivity contribution in [2.75, 3.05) is 6.61 Å². The van der Waals surface area contributed by atoms with Crippen molar-refractivity contribution in [2.45, 2.75) is 20.3 Å². The Kier molecular flexibility index (Phi) is 5.59. The molecular weight excluding hydrogens is 172 g/mol. The average Bonchev–Trinajstić information content (AvgIpc) is 1.96. The van der Waals surface area contributed by atoms with Gasteiger partial charge in [-0.1, -0.05) is 19.1 Å². The van der Waals surface area contributed by atoms with Crippen molar-refractivity contribution in [1.29, 1.82) is 0 Å². The highest BCUT2D eigenvalue weighted by Gasteiger charge is 2.02. The van der Waals surface area contributed by atoms with Gasteiger partial charge in [-0.2, -0.15) is 0 Å². The molecule has 0 aliphatic carbocycles. The van der Waals surface area contributed by atoms with Gasteiger partial charge in [0.05, 0.1) is 6.42 Å². The first-order chi connectivity index (χ1) is 6.02. The minimum atomic E-state index is -0.829. The van der Waals surface area contributed by atoms with Crippen LogP contribution in [0.3, 0.4) is 0 Å². The highest BCUT2D eigenvalue weighted by molar-refractivity contribution is 5.67. The second-order valence-electron chi connectivity index (χ2n) is 2.81. The number of carboxylic acids is 1. The number of carbonyl (C=O) groups excluding carboxylic acids is 1. The Morgan fingerprint density at radius 2 is 2.15 bits per heavy atom. The molecule has 0 heterocycles. The van der Waals surface area contributed by atoms with Gasteiger partial charge in [0.15, 0.2) is 0 Å². The molecule has 0 spiro atoms. The van der Waals surface area contributed by atoms with Crippen LogP contribution in [0.5, 0.6) is 0 Å². The van der Waals surface area contributed by atoms with Crippen LogP contribution in [-0.4, -0.2) is 23.7 Å². The molecule has 0 rings (SSSR count). The first-order valence-electron chi connectivity index (χ1n) is 4.04. The second-order valence-corrected chi connectivity index (χ2v) is 2.81. The van der Waals surface area contributed by atoms with Gasteiger partial charge in [0.1, 0.15) is 6.61 Å². The molecule has 0 bridgehead atoms. The molecular formula is C9H14O4. The topological polar surface area (TPSA) is 63.6 Å². The van der Waals surface area contributed by atoms with Gasteiger partial charge in [-0.05, 0) is 5.92 Å². The van der Waals surface area contributed by atoms with E-state index in [1.807, 2.05) is 0 Å². The third kappa shape index (κ3) is 8.59. The van der Waals surface area contributed by atoms with Gasteiger partial charge < -0.3 is 9.84 Å². The van der Waals surface area contributed by atoms with Crippen LogP contribution in [0.2, 0.25) is 0 Å². The summed E-state index contributed by atoms with van der Waals surface area (Å²) in [5, 5.41) is 8.41. The number of hydrogen-bond acceptors (Lipinski definition) is 3. The molecule has 0 saturated heterocycles. The molecule has 0 aromatic heterocycles. The van der Waals surface area contributed by atoms with Crippen LogP contribution in [0.1, 0.15) is 20.3 Å². The fraction of sp³-hybridized carbons (Fsp3) is 0.556. The zero-order chi connectivity index (χ0) is 10.3. The van der Waals surface area contributed by atoms with Gasteiger partial charge in [0, 0.05) is 6.92 Å². The average molecular weight is 186 g/mol. The lowest BCUT2D eigenvalue weighted by molar-refractivity contribution is -0.140. The van der Waals surface area contributed by atoms with Crippen LogP contribution in [0.4, 0.5) is 0 Å². The first kappa shape index (κ1) is 11.7. The van der Waals surface area contributed by atoms with Crippen molar-refractivity contribution in [1.82, 2.24) is 0 Å². The van der Waals surface area contributed by atoms with Gasteiger partial charge in [-0.15, -0.1) is 0 Å². The lowest BCUT2D eigenvalue weighted by atomic mass is 10.1. The van der Waals surface area contributed by atoms with Crippen LogP contribution in [0.15, 0.2) is 12.2 Å². The number of esters is 1. The lowest BCUT2D eigenvalue weighted by Crippen LogP contribution is -2.02. The minimum Gasteiger partial charge on any atom is -0.481 e. The molecule has 0 fully saturated rings. The lowest BCUT2D eigenvalue weighted by Gasteiger charge is -2.00. The van der Waals surface area contributed by atoms with E-state index in [2.05, 4.69) is 4.74 Å². The highest BCUT2D eigenvalue weighted by Crippen LogP contribution is 2.02. The number of carbonyl (C=O) groups is 2. The van der Waals surface area contributed by atoms with Crippen molar-refractivity contribution < 1.29 is 19.4 Å². The zero-order valence-corrected chi connectivity index (χ0v) is 7.82. The molecule has 74 valence electrons. The fourth-order valence-corrected chi connectivity index (χ4v) is 0.797. The Bertz CT molecular complexity index is 208. The quantitative estimate of drug-likeness (QED) is 0.518. The first-order valence-corrected chi connectivity index (χ1v) is 4.04. The number of aliphatic carboxylic acids is 1. The SMILES string of the molecule is CC(=O)OC/C=C/C(C)CC(=O)O. The Morgan fingerprint density at radius 3 is 2.62 bits per heavy atom. The fourth-order valence-electron chi connectivity index (χ4n) is 0.797. The molecule has 4 heteroatoms. The summed E-state index contributed by atoms with van der Waals surface area (Å²) in [7, 11) is 0. The molecule has 0 aromatic rings. The standard InChI is InChI=1S/C9H14O4/c1-7(6-9(11)12)4-3-5-13-8(2)10/h3-4,7H,5-6H2,1-2H3,(H,11,12)/b4-3+. The van der Waals surface area contributed by atoms with Crippen molar-refractivity contribution in [3.63, 3.8) is 0 Å². The number of rotatable bonds is 5. The molecule has 13 heavy (non-hydrogen) atoms. The van der Waals surface area contributed by atoms with Gasteiger partial charge in [0.2, 0.25) is 0 Å².